The van der Waals surface area contributed by atoms with E-state index in [1.165, 1.54) is 0 Å². The number of carbonyl (C=O) groups is 1. The van der Waals surface area contributed by atoms with Crippen molar-refractivity contribution < 1.29 is 4.79 Å². The Bertz CT molecular complexity index is 716. The van der Waals surface area contributed by atoms with Gasteiger partial charge >= 0.3 is 0 Å². The van der Waals surface area contributed by atoms with Crippen LogP contribution >= 0.6 is 0 Å². The van der Waals surface area contributed by atoms with Crippen molar-refractivity contribution in [1.29, 1.82) is 0 Å². The second kappa shape index (κ2) is 4.41. The van der Waals surface area contributed by atoms with Crippen LogP contribution in [0.1, 0.15) is 16.3 Å². The number of hydrogen-bond acceptors (Lipinski definition) is 5. The SMILES string of the molecule is Nc1ccc2[nH]c(C(=O)NCc3nn[nH]n3)cc2c1. The molecule has 2 aromatic heterocycles. The number of nitrogens with two attached hydrogens (primary N) is 1. The lowest BCUT2D eigenvalue weighted by atomic mass is 10.2. The molecule has 0 aliphatic carbocycles. The Hall–Kier alpha value is -2.90. The molecule has 1 amide bonds. The lowest BCUT2D eigenvalue weighted by Crippen LogP contribution is -2.23. The second-order valence-corrected chi connectivity index (χ2v) is 4.04. The third-order valence-corrected chi connectivity index (χ3v) is 2.69. The highest BCUT2D eigenvalue weighted by molar-refractivity contribution is 5.98. The van der Waals surface area contributed by atoms with E-state index in [4.69, 9.17) is 5.73 Å². The monoisotopic (exact) mass is 257 g/mol. The average molecular weight is 257 g/mol. The largest absolute Gasteiger partial charge is 0.399 e. The molecule has 8 heteroatoms. The van der Waals surface area contributed by atoms with Crippen molar-refractivity contribution in [3.63, 3.8) is 0 Å². The normalized spacial score (nSPS) is 10.7. The summed E-state index contributed by atoms with van der Waals surface area (Å²) in [5.74, 6) is 0.188. The van der Waals surface area contributed by atoms with Crippen molar-refractivity contribution in [2.24, 2.45) is 0 Å². The van der Waals surface area contributed by atoms with Gasteiger partial charge in [0.05, 0.1) is 6.54 Å². The van der Waals surface area contributed by atoms with Crippen LogP contribution in [0.4, 0.5) is 5.69 Å². The molecular formula is C11H11N7O. The number of aromatic nitrogens is 5. The Morgan fingerprint density at radius 1 is 1.37 bits per heavy atom. The molecule has 0 saturated heterocycles. The van der Waals surface area contributed by atoms with Gasteiger partial charge in [-0.1, -0.05) is 5.21 Å². The van der Waals surface area contributed by atoms with Crippen LogP contribution in [0.2, 0.25) is 0 Å². The molecule has 0 aliphatic rings. The second-order valence-electron chi connectivity index (χ2n) is 4.04. The fraction of sp³-hybridized carbons (Fsp3) is 0.0909. The van der Waals surface area contributed by atoms with Gasteiger partial charge in [-0.3, -0.25) is 4.79 Å². The number of amides is 1. The third-order valence-electron chi connectivity index (χ3n) is 2.69. The van der Waals surface area contributed by atoms with Gasteiger partial charge in [-0.25, -0.2) is 0 Å². The highest BCUT2D eigenvalue weighted by atomic mass is 16.1. The summed E-state index contributed by atoms with van der Waals surface area (Å²) in [6.07, 6.45) is 0. The Morgan fingerprint density at radius 3 is 3.05 bits per heavy atom. The predicted molar refractivity (Wildman–Crippen MR) is 68.1 cm³/mol. The zero-order valence-corrected chi connectivity index (χ0v) is 9.84. The lowest BCUT2D eigenvalue weighted by Gasteiger charge is -1.98. The predicted octanol–water partition coefficient (Wildman–Crippen LogP) is 0.193. The molecule has 0 saturated carbocycles. The lowest BCUT2D eigenvalue weighted by molar-refractivity contribution is 0.0945. The van der Waals surface area contributed by atoms with E-state index in [2.05, 4.69) is 30.9 Å². The molecule has 0 radical (unpaired) electrons. The number of nitrogens with zero attached hydrogens (tertiary/aromatic N) is 3. The van der Waals surface area contributed by atoms with Crippen molar-refractivity contribution in [3.05, 3.63) is 35.8 Å². The summed E-state index contributed by atoms with van der Waals surface area (Å²) in [5, 5.41) is 16.8. The van der Waals surface area contributed by atoms with Gasteiger partial charge in [0.2, 0.25) is 0 Å². The van der Waals surface area contributed by atoms with Gasteiger partial charge in [-0.05, 0) is 24.3 Å². The number of benzene rings is 1. The summed E-state index contributed by atoms with van der Waals surface area (Å²) in [4.78, 5) is 15.0. The van der Waals surface area contributed by atoms with Gasteiger partial charge in [0.25, 0.3) is 5.91 Å². The van der Waals surface area contributed by atoms with Crippen LogP contribution in [0.15, 0.2) is 24.3 Å². The molecule has 0 atom stereocenters. The first-order chi connectivity index (χ1) is 9.22. The van der Waals surface area contributed by atoms with Crippen molar-refractivity contribution >= 4 is 22.5 Å². The maximum absolute atomic E-state index is 11.9. The Balaban J connectivity index is 1.77. The number of aromatic amines is 2. The molecule has 19 heavy (non-hydrogen) atoms. The molecule has 1 aromatic carbocycles. The highest BCUT2D eigenvalue weighted by Gasteiger charge is 2.10. The molecule has 8 nitrogen and oxygen atoms in total. The molecule has 0 unspecified atom stereocenters. The summed E-state index contributed by atoms with van der Waals surface area (Å²) >= 11 is 0. The van der Waals surface area contributed by atoms with Gasteiger partial charge in [0, 0.05) is 16.6 Å². The number of carbonyl (C=O) groups excluding carboxylic acids is 1. The molecule has 3 rings (SSSR count). The quantitative estimate of drug-likeness (QED) is 0.498. The maximum atomic E-state index is 11.9. The smallest absolute Gasteiger partial charge is 0.268 e. The summed E-state index contributed by atoms with van der Waals surface area (Å²) in [6, 6.07) is 7.17. The minimum Gasteiger partial charge on any atom is -0.399 e. The zero-order valence-electron chi connectivity index (χ0n) is 9.84. The van der Waals surface area contributed by atoms with E-state index in [1.807, 2.05) is 12.1 Å². The number of H-pyrrole nitrogens is 2. The molecule has 96 valence electrons. The third kappa shape index (κ3) is 2.23. The van der Waals surface area contributed by atoms with Crippen molar-refractivity contribution in [2.75, 3.05) is 5.73 Å². The average Bonchev–Trinajstić information content (AvgIpc) is 3.04. The summed E-state index contributed by atoms with van der Waals surface area (Å²) in [7, 11) is 0. The van der Waals surface area contributed by atoms with E-state index < -0.39 is 0 Å². The highest BCUT2D eigenvalue weighted by Crippen LogP contribution is 2.18. The number of rotatable bonds is 3. The summed E-state index contributed by atoms with van der Waals surface area (Å²) in [6.45, 7) is 0.215. The molecule has 5 N–H and O–H groups in total. The molecule has 0 aliphatic heterocycles. The molecular weight excluding hydrogens is 246 g/mol. The number of fused-ring (bicyclic) bond motifs is 1. The zero-order chi connectivity index (χ0) is 13.2. The van der Waals surface area contributed by atoms with Crippen LogP contribution in [0.25, 0.3) is 10.9 Å². The van der Waals surface area contributed by atoms with Gasteiger partial charge in [0.15, 0.2) is 5.82 Å². The van der Waals surface area contributed by atoms with E-state index in [0.717, 1.165) is 10.9 Å². The van der Waals surface area contributed by atoms with Crippen LogP contribution < -0.4 is 11.1 Å². The summed E-state index contributed by atoms with van der Waals surface area (Å²) < 4.78 is 0. The van der Waals surface area contributed by atoms with E-state index in [0.29, 0.717) is 17.2 Å². The topological polar surface area (TPSA) is 125 Å². The number of anilines is 1. The number of hydrogen-bond donors (Lipinski definition) is 4. The van der Waals surface area contributed by atoms with E-state index in [9.17, 15) is 4.79 Å². The number of nitrogen functional groups attached to an aromatic ring is 1. The minimum absolute atomic E-state index is 0.215. The number of tetrazole rings is 1. The first-order valence-electron chi connectivity index (χ1n) is 5.61. The fourth-order valence-corrected chi connectivity index (χ4v) is 1.79. The fourth-order valence-electron chi connectivity index (χ4n) is 1.79. The van der Waals surface area contributed by atoms with Crippen LogP contribution in [0.5, 0.6) is 0 Å². The van der Waals surface area contributed by atoms with Crippen molar-refractivity contribution in [2.45, 2.75) is 6.54 Å². The van der Waals surface area contributed by atoms with E-state index >= 15 is 0 Å². The first kappa shape index (κ1) is 11.2. The Labute approximate surface area is 107 Å². The van der Waals surface area contributed by atoms with Crippen molar-refractivity contribution in [3.8, 4) is 0 Å². The van der Waals surface area contributed by atoms with Gasteiger partial charge in [-0.15, -0.1) is 10.2 Å². The maximum Gasteiger partial charge on any atom is 0.268 e. The Kier molecular flexibility index (Phi) is 2.60. The van der Waals surface area contributed by atoms with Gasteiger partial charge < -0.3 is 16.0 Å². The van der Waals surface area contributed by atoms with Crippen LogP contribution in [-0.4, -0.2) is 31.5 Å². The molecule has 0 spiro atoms. The molecule has 2 heterocycles. The molecule has 0 fully saturated rings. The van der Waals surface area contributed by atoms with Crippen molar-refractivity contribution in [1.82, 2.24) is 30.9 Å². The molecule has 0 bridgehead atoms. The van der Waals surface area contributed by atoms with E-state index in [-0.39, 0.29) is 12.5 Å². The Morgan fingerprint density at radius 2 is 2.26 bits per heavy atom. The van der Waals surface area contributed by atoms with Gasteiger partial charge in [0.1, 0.15) is 5.69 Å². The van der Waals surface area contributed by atoms with Crippen LogP contribution in [0.3, 0.4) is 0 Å². The van der Waals surface area contributed by atoms with Crippen LogP contribution in [-0.2, 0) is 6.54 Å². The first-order valence-corrected chi connectivity index (χ1v) is 5.61. The molecule has 3 aromatic rings. The minimum atomic E-state index is -0.237. The summed E-state index contributed by atoms with van der Waals surface area (Å²) in [5.41, 5.74) is 7.67. The van der Waals surface area contributed by atoms with Crippen LogP contribution in [0, 0.1) is 0 Å². The van der Waals surface area contributed by atoms with Gasteiger partial charge in [-0.2, -0.15) is 5.21 Å². The standard InChI is InChI=1S/C11H11N7O/c12-7-1-2-8-6(3-7)4-9(14-8)11(19)13-5-10-15-17-18-16-10/h1-4,14H,5,12H2,(H,13,19)(H,15,16,17,18). The van der Waals surface area contributed by atoms with E-state index in [1.54, 1.807) is 12.1 Å². The number of nitrogens with one attached hydrogen (secondary N) is 3.